The fourth-order valence-electron chi connectivity index (χ4n) is 2.96. The molecular formula is C17H17N5O2. The van der Waals surface area contributed by atoms with Crippen LogP contribution in [0, 0.1) is 6.92 Å². The molecular weight excluding hydrogens is 306 g/mol. The highest BCUT2D eigenvalue weighted by Gasteiger charge is 2.32. The van der Waals surface area contributed by atoms with Crippen molar-refractivity contribution in [3.8, 4) is 0 Å². The molecule has 0 saturated heterocycles. The van der Waals surface area contributed by atoms with Crippen LogP contribution in [-0.2, 0) is 19.5 Å². The number of hydrogen-bond donors (Lipinski definition) is 1. The lowest BCUT2D eigenvalue weighted by Crippen LogP contribution is -2.24. The summed E-state index contributed by atoms with van der Waals surface area (Å²) in [5.74, 6) is -0.204. The molecule has 4 rings (SSSR count). The van der Waals surface area contributed by atoms with Crippen LogP contribution in [0.1, 0.15) is 39.9 Å². The lowest BCUT2D eigenvalue weighted by molar-refractivity contribution is 0.0762. The molecule has 7 nitrogen and oxygen atoms in total. The molecule has 0 fully saturated rings. The minimum Gasteiger partial charge on any atom is -0.328 e. The summed E-state index contributed by atoms with van der Waals surface area (Å²) in [5, 5.41) is 3.03. The van der Waals surface area contributed by atoms with Gasteiger partial charge >= 0.3 is 0 Å². The standard InChI is InChI=1S/C17H17N5O2/c1-3-12-6-14-19-15-13(16(23)22(14)20-12)9-21(17(15)24)8-11-5-4-10(2)18-7-11/h4-7,20H,3,8-9H2,1-2H3. The summed E-state index contributed by atoms with van der Waals surface area (Å²) in [6.45, 7) is 4.60. The van der Waals surface area contributed by atoms with Crippen molar-refractivity contribution in [3.63, 3.8) is 0 Å². The molecule has 0 unspecified atom stereocenters. The van der Waals surface area contributed by atoms with Gasteiger partial charge in [0, 0.05) is 30.2 Å². The Morgan fingerprint density at radius 1 is 1.29 bits per heavy atom. The minimum atomic E-state index is -0.204. The Bertz CT molecular complexity index is 1000. The van der Waals surface area contributed by atoms with Gasteiger partial charge in [-0.05, 0) is 25.0 Å². The number of nitrogens with zero attached hydrogens (tertiary/aromatic N) is 4. The van der Waals surface area contributed by atoms with E-state index in [0.717, 1.165) is 23.4 Å². The van der Waals surface area contributed by atoms with Gasteiger partial charge in [0.25, 0.3) is 11.5 Å². The van der Waals surface area contributed by atoms with Gasteiger partial charge in [-0.1, -0.05) is 13.0 Å². The summed E-state index contributed by atoms with van der Waals surface area (Å²) in [5.41, 5.74) is 3.77. The van der Waals surface area contributed by atoms with E-state index in [1.165, 1.54) is 4.52 Å². The largest absolute Gasteiger partial charge is 0.328 e. The van der Waals surface area contributed by atoms with E-state index in [0.29, 0.717) is 17.8 Å². The number of fused-ring (bicyclic) bond motifs is 2. The van der Waals surface area contributed by atoms with E-state index >= 15 is 0 Å². The number of aromatic amines is 1. The van der Waals surface area contributed by atoms with Gasteiger partial charge in [0.15, 0.2) is 5.65 Å². The van der Waals surface area contributed by atoms with E-state index in [-0.39, 0.29) is 23.7 Å². The lowest BCUT2D eigenvalue weighted by atomic mass is 10.2. The molecule has 0 aliphatic carbocycles. The Morgan fingerprint density at radius 2 is 2.12 bits per heavy atom. The van der Waals surface area contributed by atoms with Crippen LogP contribution in [0.4, 0.5) is 0 Å². The van der Waals surface area contributed by atoms with E-state index < -0.39 is 0 Å². The topological polar surface area (TPSA) is 83.4 Å². The number of nitrogens with one attached hydrogen (secondary N) is 1. The summed E-state index contributed by atoms with van der Waals surface area (Å²) in [7, 11) is 0. The number of hydrogen-bond acceptors (Lipinski definition) is 4. The monoisotopic (exact) mass is 323 g/mol. The molecule has 24 heavy (non-hydrogen) atoms. The molecule has 0 radical (unpaired) electrons. The van der Waals surface area contributed by atoms with E-state index in [1.807, 2.05) is 32.0 Å². The van der Waals surface area contributed by atoms with Crippen LogP contribution in [0.2, 0.25) is 0 Å². The second-order valence-electron chi connectivity index (χ2n) is 6.04. The van der Waals surface area contributed by atoms with Gasteiger partial charge in [0.1, 0.15) is 5.69 Å². The van der Waals surface area contributed by atoms with Crippen molar-refractivity contribution in [2.45, 2.75) is 33.4 Å². The molecule has 0 saturated carbocycles. The molecule has 3 aromatic rings. The molecule has 4 heterocycles. The fraction of sp³-hybridized carbons (Fsp3) is 0.294. The van der Waals surface area contributed by atoms with E-state index in [4.69, 9.17) is 0 Å². The number of pyridine rings is 1. The first kappa shape index (κ1) is 14.6. The summed E-state index contributed by atoms with van der Waals surface area (Å²) in [6.07, 6.45) is 2.53. The fourth-order valence-corrected chi connectivity index (χ4v) is 2.96. The molecule has 1 amide bonds. The predicted octanol–water partition coefficient (Wildman–Crippen LogP) is 1.44. The number of H-pyrrole nitrogens is 1. The van der Waals surface area contributed by atoms with Gasteiger partial charge in [0.2, 0.25) is 0 Å². The Balaban J connectivity index is 1.70. The first-order valence-electron chi connectivity index (χ1n) is 7.91. The van der Waals surface area contributed by atoms with Crippen LogP contribution in [-0.4, -0.2) is 30.4 Å². The molecule has 0 bridgehead atoms. The average Bonchev–Trinajstić information content (AvgIpc) is 3.13. The second-order valence-corrected chi connectivity index (χ2v) is 6.04. The lowest BCUT2D eigenvalue weighted by Gasteiger charge is -2.14. The first-order chi connectivity index (χ1) is 11.6. The highest BCUT2D eigenvalue weighted by molar-refractivity contribution is 5.96. The van der Waals surface area contributed by atoms with Crippen LogP contribution < -0.4 is 5.56 Å². The third-order valence-electron chi connectivity index (χ3n) is 4.33. The predicted molar refractivity (Wildman–Crippen MR) is 87.7 cm³/mol. The molecule has 3 aromatic heterocycles. The van der Waals surface area contributed by atoms with E-state index in [1.54, 1.807) is 11.1 Å². The van der Waals surface area contributed by atoms with Crippen molar-refractivity contribution >= 4 is 11.6 Å². The molecule has 1 N–H and O–H groups in total. The molecule has 0 atom stereocenters. The van der Waals surface area contributed by atoms with Gasteiger partial charge < -0.3 is 4.90 Å². The maximum atomic E-state index is 12.6. The Morgan fingerprint density at radius 3 is 2.83 bits per heavy atom. The van der Waals surface area contributed by atoms with Crippen molar-refractivity contribution < 1.29 is 4.79 Å². The maximum Gasteiger partial charge on any atom is 0.278 e. The zero-order valence-electron chi connectivity index (χ0n) is 13.5. The van der Waals surface area contributed by atoms with Crippen LogP contribution in [0.15, 0.2) is 29.2 Å². The van der Waals surface area contributed by atoms with Crippen molar-refractivity contribution in [2.75, 3.05) is 0 Å². The third-order valence-corrected chi connectivity index (χ3v) is 4.33. The third kappa shape index (κ3) is 2.20. The molecule has 122 valence electrons. The Hall–Kier alpha value is -2.96. The maximum absolute atomic E-state index is 12.6. The number of carbonyl (C=O) groups is 1. The second kappa shape index (κ2) is 5.30. The number of carbonyl (C=O) groups excluding carboxylic acids is 1. The Labute approximate surface area is 138 Å². The highest BCUT2D eigenvalue weighted by Crippen LogP contribution is 2.21. The number of aryl methyl sites for hydroxylation is 2. The molecule has 7 heteroatoms. The zero-order chi connectivity index (χ0) is 16.8. The first-order valence-corrected chi connectivity index (χ1v) is 7.91. The van der Waals surface area contributed by atoms with E-state index in [9.17, 15) is 9.59 Å². The average molecular weight is 323 g/mol. The van der Waals surface area contributed by atoms with Gasteiger partial charge in [-0.3, -0.25) is 19.7 Å². The number of rotatable bonds is 3. The Kier molecular flexibility index (Phi) is 3.23. The summed E-state index contributed by atoms with van der Waals surface area (Å²) >= 11 is 0. The van der Waals surface area contributed by atoms with Gasteiger partial charge in [-0.2, -0.15) is 0 Å². The smallest absolute Gasteiger partial charge is 0.278 e. The zero-order valence-corrected chi connectivity index (χ0v) is 13.5. The van der Waals surface area contributed by atoms with Crippen molar-refractivity contribution in [1.29, 1.82) is 0 Å². The molecule has 1 aliphatic rings. The normalized spacial score (nSPS) is 13.8. The van der Waals surface area contributed by atoms with Gasteiger partial charge in [0.05, 0.1) is 12.1 Å². The summed E-state index contributed by atoms with van der Waals surface area (Å²) in [4.78, 5) is 35.5. The van der Waals surface area contributed by atoms with Crippen LogP contribution >= 0.6 is 0 Å². The van der Waals surface area contributed by atoms with Crippen LogP contribution in [0.3, 0.4) is 0 Å². The summed E-state index contributed by atoms with van der Waals surface area (Å²) in [6, 6.07) is 5.66. The quantitative estimate of drug-likeness (QED) is 0.790. The molecule has 0 aromatic carbocycles. The van der Waals surface area contributed by atoms with Crippen molar-refractivity contribution in [1.82, 2.24) is 24.5 Å². The van der Waals surface area contributed by atoms with Crippen LogP contribution in [0.25, 0.3) is 5.65 Å². The summed E-state index contributed by atoms with van der Waals surface area (Å²) < 4.78 is 1.42. The number of aromatic nitrogens is 4. The van der Waals surface area contributed by atoms with Crippen LogP contribution in [0.5, 0.6) is 0 Å². The molecule has 1 aliphatic heterocycles. The number of amides is 1. The van der Waals surface area contributed by atoms with Gasteiger partial charge in [-0.25, -0.2) is 9.50 Å². The van der Waals surface area contributed by atoms with Gasteiger partial charge in [-0.15, -0.1) is 0 Å². The SMILES string of the molecule is CCc1cc2nc3c(c(=O)n2[nH]1)CN(Cc1ccc(C)nc1)C3=O. The van der Waals surface area contributed by atoms with E-state index in [2.05, 4.69) is 15.1 Å². The minimum absolute atomic E-state index is 0.201. The van der Waals surface area contributed by atoms with Crippen molar-refractivity contribution in [3.05, 3.63) is 63.0 Å². The molecule has 0 spiro atoms. The highest BCUT2D eigenvalue weighted by atomic mass is 16.2. The van der Waals surface area contributed by atoms with Crippen molar-refractivity contribution in [2.24, 2.45) is 0 Å².